The van der Waals surface area contributed by atoms with E-state index in [1.54, 1.807) is 4.90 Å². The third kappa shape index (κ3) is 3.26. The summed E-state index contributed by atoms with van der Waals surface area (Å²) in [7, 11) is 0. The molecule has 2 N–H and O–H groups in total. The second kappa shape index (κ2) is 5.77. The minimum Gasteiger partial charge on any atom is -0.370 e. The normalized spacial score (nSPS) is 31.1. The zero-order valence-electron chi connectivity index (χ0n) is 10.7. The van der Waals surface area contributed by atoms with Crippen molar-refractivity contribution in [3.63, 3.8) is 0 Å². The van der Waals surface area contributed by atoms with Crippen LogP contribution in [-0.4, -0.2) is 48.5 Å². The molecule has 0 unspecified atom stereocenters. The minimum absolute atomic E-state index is 0.147. The Morgan fingerprint density at radius 2 is 2.00 bits per heavy atom. The van der Waals surface area contributed by atoms with Gasteiger partial charge in [-0.1, -0.05) is 31.9 Å². The maximum absolute atomic E-state index is 12.0. The number of hydrogen-bond acceptors (Lipinski definition) is 2. The van der Waals surface area contributed by atoms with Gasteiger partial charge in [-0.15, -0.1) is 0 Å². The van der Waals surface area contributed by atoms with E-state index in [1.165, 1.54) is 0 Å². The molecule has 1 saturated heterocycles. The van der Waals surface area contributed by atoms with Gasteiger partial charge in [-0.05, 0) is 13.3 Å². The van der Waals surface area contributed by atoms with Crippen LogP contribution in [0.4, 0.5) is 0 Å². The molecule has 2 aliphatic rings. The maximum Gasteiger partial charge on any atom is 0.228 e. The molecule has 4 nitrogen and oxygen atoms in total. The Bertz CT molecular complexity index is 319. The number of morpholine rings is 1. The lowest BCUT2D eigenvalue weighted by molar-refractivity contribution is -0.908. The first-order chi connectivity index (χ1) is 8.46. The summed E-state index contributed by atoms with van der Waals surface area (Å²) in [5.74, 6) is 0.147. The molecule has 0 aromatic carbocycles. The van der Waals surface area contributed by atoms with E-state index < -0.39 is 0 Å². The molecule has 2 fully saturated rings. The molecule has 1 heterocycles. The van der Waals surface area contributed by atoms with Gasteiger partial charge < -0.3 is 15.0 Å². The fourth-order valence-corrected chi connectivity index (χ4v) is 3.77. The van der Waals surface area contributed by atoms with Crippen LogP contribution in [0.3, 0.4) is 0 Å². The number of amides is 1. The summed E-state index contributed by atoms with van der Waals surface area (Å²) >= 11 is 7.04. The van der Waals surface area contributed by atoms with Crippen molar-refractivity contribution in [3.05, 3.63) is 0 Å². The van der Waals surface area contributed by atoms with Gasteiger partial charge in [-0.2, -0.15) is 0 Å². The number of rotatable bonds is 5. The van der Waals surface area contributed by atoms with Crippen LogP contribution in [0.25, 0.3) is 0 Å². The smallest absolute Gasteiger partial charge is 0.228 e. The van der Waals surface area contributed by atoms with Crippen molar-refractivity contribution in [1.29, 1.82) is 0 Å². The highest BCUT2D eigenvalue weighted by Gasteiger charge is 2.66. The molecule has 1 saturated carbocycles. The second-order valence-electron chi connectivity index (χ2n) is 5.44. The van der Waals surface area contributed by atoms with Crippen molar-refractivity contribution in [2.75, 3.05) is 39.4 Å². The van der Waals surface area contributed by atoms with E-state index in [9.17, 15) is 4.79 Å². The van der Waals surface area contributed by atoms with Gasteiger partial charge in [0.1, 0.15) is 13.1 Å². The van der Waals surface area contributed by atoms with Crippen LogP contribution >= 0.6 is 31.9 Å². The third-order valence-electron chi connectivity index (χ3n) is 3.95. The number of carbonyl (C=O) groups excluding carboxylic acids is 1. The zero-order valence-corrected chi connectivity index (χ0v) is 13.9. The maximum atomic E-state index is 12.0. The highest BCUT2D eigenvalue weighted by atomic mass is 79.9. The number of alkyl halides is 2. The topological polar surface area (TPSA) is 42.8 Å². The van der Waals surface area contributed by atoms with E-state index in [1.807, 2.05) is 6.92 Å². The Kier molecular flexibility index (Phi) is 4.73. The summed E-state index contributed by atoms with van der Waals surface area (Å²) < 4.78 is 5.13. The van der Waals surface area contributed by atoms with Gasteiger partial charge in [0.25, 0.3) is 0 Å². The average Bonchev–Trinajstić information content (AvgIpc) is 2.87. The lowest BCUT2D eigenvalue weighted by Gasteiger charge is -2.23. The largest absolute Gasteiger partial charge is 0.370 e. The lowest BCUT2D eigenvalue weighted by Crippen LogP contribution is -3.14. The SMILES string of the molecule is C[C@]1(C(=O)NCCC[NH+]2CCOCC2)CC1(Br)Br. The van der Waals surface area contributed by atoms with Crippen molar-refractivity contribution in [3.8, 4) is 0 Å². The molecule has 0 aromatic rings. The van der Waals surface area contributed by atoms with E-state index in [0.717, 1.165) is 52.2 Å². The lowest BCUT2D eigenvalue weighted by atomic mass is 10.1. The molecular formula is C12H21Br2N2O2+. The van der Waals surface area contributed by atoms with Crippen LogP contribution in [-0.2, 0) is 9.53 Å². The van der Waals surface area contributed by atoms with Crippen LogP contribution in [0.2, 0.25) is 0 Å². The van der Waals surface area contributed by atoms with Crippen molar-refractivity contribution in [2.45, 2.75) is 23.0 Å². The Labute approximate surface area is 125 Å². The van der Waals surface area contributed by atoms with Crippen LogP contribution in [0.15, 0.2) is 0 Å². The number of hydrogen-bond donors (Lipinski definition) is 2. The predicted molar refractivity (Wildman–Crippen MR) is 77.3 cm³/mol. The molecule has 18 heavy (non-hydrogen) atoms. The molecule has 0 aromatic heterocycles. The summed E-state index contributed by atoms with van der Waals surface area (Å²) in [6.45, 7) is 7.81. The number of carbonyl (C=O) groups is 1. The Morgan fingerprint density at radius 1 is 1.39 bits per heavy atom. The Balaban J connectivity index is 1.60. The third-order valence-corrected chi connectivity index (χ3v) is 6.26. The second-order valence-corrected chi connectivity index (χ2v) is 9.21. The van der Waals surface area contributed by atoms with E-state index in [4.69, 9.17) is 4.74 Å². The highest BCUT2D eigenvalue weighted by Crippen LogP contribution is 2.66. The van der Waals surface area contributed by atoms with Gasteiger partial charge in [-0.3, -0.25) is 4.79 Å². The molecule has 104 valence electrons. The molecule has 1 amide bonds. The number of nitrogens with one attached hydrogen (secondary N) is 2. The number of ether oxygens (including phenoxy) is 1. The van der Waals surface area contributed by atoms with Crippen LogP contribution in [0, 0.1) is 5.41 Å². The molecule has 0 radical (unpaired) electrons. The van der Waals surface area contributed by atoms with Gasteiger partial charge in [0, 0.05) is 13.0 Å². The molecule has 1 aliphatic carbocycles. The van der Waals surface area contributed by atoms with Gasteiger partial charge in [-0.25, -0.2) is 0 Å². The molecule has 1 aliphatic heterocycles. The summed E-state index contributed by atoms with van der Waals surface area (Å²) in [4.78, 5) is 13.6. The first-order valence-corrected chi connectivity index (χ1v) is 8.12. The first kappa shape index (κ1) is 14.8. The van der Waals surface area contributed by atoms with Crippen molar-refractivity contribution < 1.29 is 14.4 Å². The zero-order chi connectivity index (χ0) is 13.2. The summed E-state index contributed by atoms with van der Waals surface area (Å²) in [6, 6.07) is 0. The van der Waals surface area contributed by atoms with E-state index in [2.05, 4.69) is 37.2 Å². The molecule has 0 spiro atoms. The van der Waals surface area contributed by atoms with Crippen molar-refractivity contribution in [2.24, 2.45) is 5.41 Å². The molecule has 2 rings (SSSR count). The summed E-state index contributed by atoms with van der Waals surface area (Å²) in [5, 5.41) is 3.04. The van der Waals surface area contributed by atoms with Gasteiger partial charge >= 0.3 is 0 Å². The summed E-state index contributed by atoms with van der Waals surface area (Å²) in [6.07, 6.45) is 1.88. The summed E-state index contributed by atoms with van der Waals surface area (Å²) in [5.41, 5.74) is -0.293. The molecule has 0 bridgehead atoms. The average molecular weight is 385 g/mol. The van der Waals surface area contributed by atoms with Gasteiger partial charge in [0.2, 0.25) is 5.91 Å². The van der Waals surface area contributed by atoms with Crippen LogP contribution in [0.1, 0.15) is 19.8 Å². The molecule has 6 heteroatoms. The molecular weight excluding hydrogens is 364 g/mol. The van der Waals surface area contributed by atoms with Crippen molar-refractivity contribution in [1.82, 2.24) is 5.32 Å². The van der Waals surface area contributed by atoms with E-state index >= 15 is 0 Å². The fraction of sp³-hybridized carbons (Fsp3) is 0.917. The number of halogens is 2. The molecule has 1 atom stereocenters. The van der Waals surface area contributed by atoms with Crippen LogP contribution < -0.4 is 10.2 Å². The van der Waals surface area contributed by atoms with E-state index in [0.29, 0.717) is 0 Å². The minimum atomic E-state index is -0.293. The standard InChI is InChI=1S/C12H20Br2N2O2/c1-11(9-12(11,13)14)10(17)15-3-2-4-16-5-7-18-8-6-16/h2-9H2,1H3,(H,15,17)/p+1/t11-/m1/s1. The van der Waals surface area contributed by atoms with Gasteiger partial charge in [0.05, 0.1) is 28.4 Å². The van der Waals surface area contributed by atoms with Crippen molar-refractivity contribution >= 4 is 37.8 Å². The Hall–Kier alpha value is 0.350. The highest BCUT2D eigenvalue weighted by molar-refractivity contribution is 9.25. The first-order valence-electron chi connectivity index (χ1n) is 6.53. The van der Waals surface area contributed by atoms with E-state index in [-0.39, 0.29) is 14.6 Å². The monoisotopic (exact) mass is 383 g/mol. The quantitative estimate of drug-likeness (QED) is 0.529. The Morgan fingerprint density at radius 3 is 2.56 bits per heavy atom. The van der Waals surface area contributed by atoms with Crippen LogP contribution in [0.5, 0.6) is 0 Å². The number of quaternary nitrogens is 1. The fourth-order valence-electron chi connectivity index (χ4n) is 2.29. The predicted octanol–water partition coefficient (Wildman–Crippen LogP) is 0.304. The van der Waals surface area contributed by atoms with Gasteiger partial charge in [0.15, 0.2) is 0 Å².